The summed E-state index contributed by atoms with van der Waals surface area (Å²) < 4.78 is 14.3. The second-order valence-electron chi connectivity index (χ2n) is 3.54. The van der Waals surface area contributed by atoms with Crippen molar-refractivity contribution in [2.75, 3.05) is 39.3 Å². The Morgan fingerprint density at radius 2 is 1.74 bits per heavy atom. The third-order valence-corrected chi connectivity index (χ3v) is 2.37. The molecule has 0 amide bonds. The number of ether oxygens (including phenoxy) is 3. The van der Waals surface area contributed by atoms with Crippen LogP contribution in [0.5, 0.6) is 5.75 Å². The van der Waals surface area contributed by atoms with Gasteiger partial charge in [-0.25, -0.2) is 4.98 Å². The first-order valence-electron chi connectivity index (χ1n) is 5.50. The number of carbonyl (C=O) groups excluding carboxylic acids is 2. The normalized spacial score (nSPS) is 9.63. The summed E-state index contributed by atoms with van der Waals surface area (Å²) in [6, 6.07) is 3.38. The molecule has 1 aromatic heterocycles. The Labute approximate surface area is 111 Å². The SMILES string of the molecule is COC(=O)CN(CC(=O)OC)c1ncccc1OC. The van der Waals surface area contributed by atoms with E-state index in [0.717, 1.165) is 0 Å². The summed E-state index contributed by atoms with van der Waals surface area (Å²) in [7, 11) is 4.03. The second-order valence-corrected chi connectivity index (χ2v) is 3.54. The topological polar surface area (TPSA) is 78.0 Å². The molecule has 0 N–H and O–H groups in total. The Morgan fingerprint density at radius 3 is 2.21 bits per heavy atom. The van der Waals surface area contributed by atoms with Gasteiger partial charge in [-0.2, -0.15) is 0 Å². The molecule has 1 heterocycles. The van der Waals surface area contributed by atoms with Crippen LogP contribution in [0.25, 0.3) is 0 Å². The molecular weight excluding hydrogens is 252 g/mol. The fraction of sp³-hybridized carbons (Fsp3) is 0.417. The number of nitrogens with zero attached hydrogens (tertiary/aromatic N) is 2. The third kappa shape index (κ3) is 4.13. The summed E-state index contributed by atoms with van der Waals surface area (Å²) >= 11 is 0. The molecule has 0 saturated carbocycles. The van der Waals surface area contributed by atoms with Gasteiger partial charge in [-0.15, -0.1) is 0 Å². The van der Waals surface area contributed by atoms with E-state index in [9.17, 15) is 9.59 Å². The number of aromatic nitrogens is 1. The van der Waals surface area contributed by atoms with Crippen LogP contribution in [0.15, 0.2) is 18.3 Å². The van der Waals surface area contributed by atoms with Crippen molar-refractivity contribution in [2.24, 2.45) is 0 Å². The lowest BCUT2D eigenvalue weighted by Crippen LogP contribution is -2.36. The molecule has 7 heteroatoms. The van der Waals surface area contributed by atoms with E-state index < -0.39 is 11.9 Å². The quantitative estimate of drug-likeness (QED) is 0.684. The molecule has 0 aromatic carbocycles. The van der Waals surface area contributed by atoms with Gasteiger partial charge < -0.3 is 19.1 Å². The Hall–Kier alpha value is -2.31. The lowest BCUT2D eigenvalue weighted by atomic mass is 10.3. The van der Waals surface area contributed by atoms with Gasteiger partial charge in [0.25, 0.3) is 0 Å². The lowest BCUT2D eigenvalue weighted by molar-refractivity contribution is -0.140. The maximum atomic E-state index is 11.4. The number of hydrogen-bond donors (Lipinski definition) is 0. The van der Waals surface area contributed by atoms with Crippen LogP contribution < -0.4 is 9.64 Å². The highest BCUT2D eigenvalue weighted by Gasteiger charge is 2.20. The molecule has 0 unspecified atom stereocenters. The number of pyridine rings is 1. The maximum absolute atomic E-state index is 11.4. The predicted molar refractivity (Wildman–Crippen MR) is 67.0 cm³/mol. The van der Waals surface area contributed by atoms with E-state index in [1.54, 1.807) is 18.3 Å². The Bertz CT molecular complexity index is 432. The molecule has 7 nitrogen and oxygen atoms in total. The Morgan fingerprint density at radius 1 is 1.16 bits per heavy atom. The molecule has 0 bridgehead atoms. The van der Waals surface area contributed by atoms with Gasteiger partial charge in [-0.3, -0.25) is 9.59 Å². The number of rotatable bonds is 6. The highest BCUT2D eigenvalue weighted by atomic mass is 16.5. The van der Waals surface area contributed by atoms with Gasteiger partial charge in [0.15, 0.2) is 11.6 Å². The standard InChI is InChI=1S/C12H16N2O5/c1-17-9-5-4-6-13-12(9)14(7-10(15)18-2)8-11(16)19-3/h4-6H,7-8H2,1-3H3. The van der Waals surface area contributed by atoms with Crippen molar-refractivity contribution in [3.05, 3.63) is 18.3 Å². The van der Waals surface area contributed by atoms with Crippen molar-refractivity contribution in [3.63, 3.8) is 0 Å². The van der Waals surface area contributed by atoms with Crippen LogP contribution in [-0.4, -0.2) is 51.3 Å². The molecule has 0 aliphatic heterocycles. The van der Waals surface area contributed by atoms with Gasteiger partial charge in [0.2, 0.25) is 0 Å². The van der Waals surface area contributed by atoms with Crippen molar-refractivity contribution in [2.45, 2.75) is 0 Å². The van der Waals surface area contributed by atoms with Crippen molar-refractivity contribution < 1.29 is 23.8 Å². The van der Waals surface area contributed by atoms with Crippen LogP contribution in [0.4, 0.5) is 5.82 Å². The van der Waals surface area contributed by atoms with Crippen LogP contribution in [0.2, 0.25) is 0 Å². The van der Waals surface area contributed by atoms with Crippen LogP contribution in [0.3, 0.4) is 0 Å². The number of hydrogen-bond acceptors (Lipinski definition) is 7. The molecule has 0 spiro atoms. The van der Waals surface area contributed by atoms with Crippen molar-refractivity contribution in [3.8, 4) is 5.75 Å². The van der Waals surface area contributed by atoms with Gasteiger partial charge in [-0.1, -0.05) is 0 Å². The van der Waals surface area contributed by atoms with Gasteiger partial charge >= 0.3 is 11.9 Å². The number of methoxy groups -OCH3 is 3. The molecule has 0 saturated heterocycles. The second kappa shape index (κ2) is 7.20. The molecular formula is C12H16N2O5. The zero-order valence-electron chi connectivity index (χ0n) is 11.1. The Kier molecular flexibility index (Phi) is 5.59. The minimum Gasteiger partial charge on any atom is -0.493 e. The summed E-state index contributed by atoms with van der Waals surface area (Å²) in [5.41, 5.74) is 0. The molecule has 19 heavy (non-hydrogen) atoms. The molecule has 0 atom stereocenters. The highest BCUT2D eigenvalue weighted by molar-refractivity contribution is 5.81. The maximum Gasteiger partial charge on any atom is 0.325 e. The average molecular weight is 268 g/mol. The fourth-order valence-electron chi connectivity index (χ4n) is 1.43. The van der Waals surface area contributed by atoms with Gasteiger partial charge in [0, 0.05) is 6.20 Å². The predicted octanol–water partition coefficient (Wildman–Crippen LogP) is 0.243. The van der Waals surface area contributed by atoms with E-state index >= 15 is 0 Å². The molecule has 1 rings (SSSR count). The molecule has 1 aromatic rings. The van der Waals surface area contributed by atoms with Crippen molar-refractivity contribution >= 4 is 17.8 Å². The van der Waals surface area contributed by atoms with E-state index in [1.807, 2.05) is 0 Å². The molecule has 0 fully saturated rings. The minimum atomic E-state index is -0.489. The molecule has 0 radical (unpaired) electrons. The lowest BCUT2D eigenvalue weighted by Gasteiger charge is -2.22. The zero-order chi connectivity index (χ0) is 14.3. The van der Waals surface area contributed by atoms with E-state index in [4.69, 9.17) is 4.74 Å². The molecule has 104 valence electrons. The first kappa shape index (κ1) is 14.7. The summed E-state index contributed by atoms with van der Waals surface area (Å²) in [5, 5.41) is 0. The fourth-order valence-corrected chi connectivity index (χ4v) is 1.43. The number of carbonyl (C=O) groups is 2. The first-order chi connectivity index (χ1) is 9.12. The number of esters is 2. The van der Waals surface area contributed by atoms with Crippen LogP contribution in [-0.2, 0) is 19.1 Å². The zero-order valence-corrected chi connectivity index (χ0v) is 11.1. The first-order valence-corrected chi connectivity index (χ1v) is 5.50. The minimum absolute atomic E-state index is 0.126. The van der Waals surface area contributed by atoms with Crippen molar-refractivity contribution in [1.82, 2.24) is 4.98 Å². The van der Waals surface area contributed by atoms with Gasteiger partial charge in [0.05, 0.1) is 21.3 Å². The summed E-state index contributed by atoms with van der Waals surface area (Å²) in [6.07, 6.45) is 1.54. The average Bonchev–Trinajstić information content (AvgIpc) is 2.46. The molecule has 0 aliphatic rings. The summed E-state index contributed by atoms with van der Waals surface area (Å²) in [4.78, 5) is 28.3. The van der Waals surface area contributed by atoms with Crippen molar-refractivity contribution in [1.29, 1.82) is 0 Å². The Balaban J connectivity index is 3.00. The van der Waals surface area contributed by atoms with Crippen LogP contribution in [0.1, 0.15) is 0 Å². The smallest absolute Gasteiger partial charge is 0.325 e. The molecule has 0 aliphatic carbocycles. The van der Waals surface area contributed by atoms with E-state index in [1.165, 1.54) is 26.2 Å². The van der Waals surface area contributed by atoms with Gasteiger partial charge in [-0.05, 0) is 12.1 Å². The number of anilines is 1. The third-order valence-electron chi connectivity index (χ3n) is 2.37. The monoisotopic (exact) mass is 268 g/mol. The van der Waals surface area contributed by atoms with E-state index in [2.05, 4.69) is 14.5 Å². The summed E-state index contributed by atoms with van der Waals surface area (Å²) in [6.45, 7) is -0.252. The van der Waals surface area contributed by atoms with E-state index in [-0.39, 0.29) is 13.1 Å². The largest absolute Gasteiger partial charge is 0.493 e. The van der Waals surface area contributed by atoms with Gasteiger partial charge in [0.1, 0.15) is 13.1 Å². The highest BCUT2D eigenvalue weighted by Crippen LogP contribution is 2.24. The van der Waals surface area contributed by atoms with Crippen LogP contribution >= 0.6 is 0 Å². The van der Waals surface area contributed by atoms with Crippen LogP contribution in [0, 0.1) is 0 Å². The summed E-state index contributed by atoms with van der Waals surface area (Å²) in [5.74, 6) is -0.149. The van der Waals surface area contributed by atoms with E-state index in [0.29, 0.717) is 11.6 Å².